The van der Waals surface area contributed by atoms with E-state index in [1.54, 1.807) is 18.2 Å². The van der Waals surface area contributed by atoms with Crippen molar-refractivity contribution in [3.8, 4) is 0 Å². The number of hydrogen-bond acceptors (Lipinski definition) is 5. The Labute approximate surface area is 131 Å². The number of hydrogen-bond donors (Lipinski definition) is 2. The zero-order valence-electron chi connectivity index (χ0n) is 12.2. The molecular formula is C13H21N3O4S2. The molecule has 0 unspecified atom stereocenters. The zero-order valence-corrected chi connectivity index (χ0v) is 13.9. The van der Waals surface area contributed by atoms with E-state index in [0.717, 1.165) is 13.0 Å². The Morgan fingerprint density at radius 3 is 2.50 bits per heavy atom. The maximum Gasteiger partial charge on any atom is 0.240 e. The molecule has 9 heteroatoms. The lowest BCUT2D eigenvalue weighted by Crippen LogP contribution is -2.39. The fourth-order valence-corrected chi connectivity index (χ4v) is 4.79. The molecule has 2 rings (SSSR count). The topological polar surface area (TPSA) is 95.6 Å². The number of benzene rings is 1. The predicted octanol–water partition coefficient (Wildman–Crippen LogP) is -0.410. The van der Waals surface area contributed by atoms with E-state index in [4.69, 9.17) is 0 Å². The van der Waals surface area contributed by atoms with E-state index in [-0.39, 0.29) is 17.2 Å². The summed E-state index contributed by atoms with van der Waals surface area (Å²) in [5.41, 5.74) is 0. The first-order chi connectivity index (χ1) is 10.4. The summed E-state index contributed by atoms with van der Waals surface area (Å²) >= 11 is 0. The van der Waals surface area contributed by atoms with Crippen LogP contribution in [0.5, 0.6) is 0 Å². The van der Waals surface area contributed by atoms with E-state index in [9.17, 15) is 16.8 Å². The van der Waals surface area contributed by atoms with Crippen LogP contribution in [0, 0.1) is 0 Å². The minimum absolute atomic E-state index is 0.131. The molecule has 1 aliphatic rings. The Morgan fingerprint density at radius 2 is 1.77 bits per heavy atom. The monoisotopic (exact) mass is 347 g/mol. The second-order valence-electron chi connectivity index (χ2n) is 5.03. The maximum absolute atomic E-state index is 12.2. The normalized spacial score (nSPS) is 18.0. The highest BCUT2D eigenvalue weighted by molar-refractivity contribution is 7.90. The molecule has 1 aliphatic heterocycles. The molecule has 22 heavy (non-hydrogen) atoms. The van der Waals surface area contributed by atoms with Crippen LogP contribution in [0.15, 0.2) is 35.2 Å². The molecule has 2 N–H and O–H groups in total. The molecule has 1 fully saturated rings. The predicted molar refractivity (Wildman–Crippen MR) is 84.5 cm³/mol. The van der Waals surface area contributed by atoms with Crippen molar-refractivity contribution >= 4 is 20.0 Å². The van der Waals surface area contributed by atoms with Gasteiger partial charge in [-0.25, -0.2) is 25.9 Å². The van der Waals surface area contributed by atoms with Crippen molar-refractivity contribution in [2.24, 2.45) is 0 Å². The Bertz CT molecular complexity index is 666. The van der Waals surface area contributed by atoms with Gasteiger partial charge in [-0.2, -0.15) is 0 Å². The van der Waals surface area contributed by atoms with E-state index in [0.29, 0.717) is 19.6 Å². The van der Waals surface area contributed by atoms with Crippen LogP contribution in [0.25, 0.3) is 0 Å². The summed E-state index contributed by atoms with van der Waals surface area (Å²) in [4.78, 5) is 0.131. The summed E-state index contributed by atoms with van der Waals surface area (Å²) in [5.74, 6) is -0.237. The van der Waals surface area contributed by atoms with E-state index in [1.165, 1.54) is 16.4 Å². The first kappa shape index (κ1) is 17.4. The van der Waals surface area contributed by atoms with Gasteiger partial charge in [0.25, 0.3) is 0 Å². The average molecular weight is 347 g/mol. The maximum atomic E-state index is 12.2. The van der Waals surface area contributed by atoms with Crippen LogP contribution >= 0.6 is 0 Å². The highest BCUT2D eigenvalue weighted by Gasteiger charge is 2.23. The highest BCUT2D eigenvalue weighted by Crippen LogP contribution is 2.08. The Balaban J connectivity index is 1.92. The van der Waals surface area contributed by atoms with Crippen LogP contribution in [0.2, 0.25) is 0 Å². The van der Waals surface area contributed by atoms with Gasteiger partial charge >= 0.3 is 0 Å². The number of sulfonamides is 2. The Morgan fingerprint density at radius 1 is 1.05 bits per heavy atom. The fourth-order valence-electron chi connectivity index (χ4n) is 2.22. The van der Waals surface area contributed by atoms with Crippen LogP contribution in [-0.4, -0.2) is 59.6 Å². The second-order valence-corrected chi connectivity index (χ2v) is 8.88. The lowest BCUT2D eigenvalue weighted by atomic mass is 10.4. The van der Waals surface area contributed by atoms with Gasteiger partial charge in [0.05, 0.1) is 10.6 Å². The molecule has 0 atom stereocenters. The minimum atomic E-state index is -3.67. The zero-order chi connectivity index (χ0) is 16.1. The fraction of sp³-hybridized carbons (Fsp3) is 0.538. The van der Waals surface area contributed by atoms with Crippen LogP contribution in [0.4, 0.5) is 0 Å². The van der Waals surface area contributed by atoms with Gasteiger partial charge in [0.1, 0.15) is 0 Å². The van der Waals surface area contributed by atoms with Gasteiger partial charge in [0.2, 0.25) is 20.0 Å². The van der Waals surface area contributed by atoms with Crippen molar-refractivity contribution in [3.05, 3.63) is 30.3 Å². The standard InChI is InChI=1S/C13H21N3O4S2/c17-21(18,16-10-4-7-14-8-11-16)12-9-15-22(19,20)13-5-2-1-3-6-13/h1-3,5-6,14-15H,4,7-12H2. The van der Waals surface area contributed by atoms with Crippen molar-refractivity contribution < 1.29 is 16.8 Å². The molecule has 0 aromatic heterocycles. The third-order valence-electron chi connectivity index (χ3n) is 3.40. The lowest BCUT2D eigenvalue weighted by Gasteiger charge is -2.19. The molecule has 0 radical (unpaired) electrons. The van der Waals surface area contributed by atoms with Gasteiger partial charge in [-0.05, 0) is 25.1 Å². The van der Waals surface area contributed by atoms with E-state index in [1.807, 2.05) is 0 Å². The molecule has 0 aliphatic carbocycles. The molecule has 1 aromatic carbocycles. The minimum Gasteiger partial charge on any atom is -0.315 e. The lowest BCUT2D eigenvalue weighted by molar-refractivity contribution is 0.432. The summed E-state index contributed by atoms with van der Waals surface area (Å²) < 4.78 is 52.2. The second kappa shape index (κ2) is 7.51. The third-order valence-corrected chi connectivity index (χ3v) is 6.75. The Kier molecular flexibility index (Phi) is 5.93. The largest absolute Gasteiger partial charge is 0.315 e. The van der Waals surface area contributed by atoms with Gasteiger partial charge in [-0.15, -0.1) is 0 Å². The SMILES string of the molecule is O=S(=O)(NCCS(=O)(=O)N1CCCNCC1)c1ccccc1. The molecule has 124 valence electrons. The quantitative estimate of drug-likeness (QED) is 0.729. The molecule has 0 bridgehead atoms. The van der Waals surface area contributed by atoms with Gasteiger partial charge < -0.3 is 5.32 Å². The number of rotatable bonds is 6. The molecule has 7 nitrogen and oxygen atoms in total. The molecule has 0 spiro atoms. The van der Waals surface area contributed by atoms with Crippen LogP contribution in [0.3, 0.4) is 0 Å². The van der Waals surface area contributed by atoms with Crippen molar-refractivity contribution in [2.45, 2.75) is 11.3 Å². The Hall–Kier alpha value is -1.00. The van der Waals surface area contributed by atoms with Crippen LogP contribution in [0.1, 0.15) is 6.42 Å². The number of nitrogens with zero attached hydrogens (tertiary/aromatic N) is 1. The summed E-state index contributed by atoms with van der Waals surface area (Å²) in [5, 5.41) is 3.13. The van der Waals surface area contributed by atoms with E-state index < -0.39 is 20.0 Å². The van der Waals surface area contributed by atoms with Crippen molar-refractivity contribution in [1.82, 2.24) is 14.3 Å². The van der Waals surface area contributed by atoms with Gasteiger partial charge in [0, 0.05) is 26.2 Å². The molecule has 0 saturated carbocycles. The van der Waals surface area contributed by atoms with Crippen molar-refractivity contribution in [1.29, 1.82) is 0 Å². The van der Waals surface area contributed by atoms with E-state index >= 15 is 0 Å². The molecular weight excluding hydrogens is 326 g/mol. The molecule has 1 heterocycles. The van der Waals surface area contributed by atoms with E-state index in [2.05, 4.69) is 10.0 Å². The first-order valence-corrected chi connectivity index (χ1v) is 10.2. The summed E-state index contributed by atoms with van der Waals surface area (Å²) in [6.07, 6.45) is 0.759. The number of nitrogens with one attached hydrogen (secondary N) is 2. The smallest absolute Gasteiger partial charge is 0.240 e. The molecule has 1 aromatic rings. The first-order valence-electron chi connectivity index (χ1n) is 7.15. The van der Waals surface area contributed by atoms with Crippen molar-refractivity contribution in [2.75, 3.05) is 38.5 Å². The highest BCUT2D eigenvalue weighted by atomic mass is 32.2. The summed E-state index contributed by atoms with van der Waals surface area (Å²) in [7, 11) is -7.11. The summed E-state index contributed by atoms with van der Waals surface area (Å²) in [6.45, 7) is 2.18. The van der Waals surface area contributed by atoms with Gasteiger partial charge in [-0.3, -0.25) is 0 Å². The van der Waals surface area contributed by atoms with Crippen LogP contribution in [-0.2, 0) is 20.0 Å². The third kappa shape index (κ3) is 4.75. The molecule has 1 saturated heterocycles. The van der Waals surface area contributed by atoms with Gasteiger partial charge in [-0.1, -0.05) is 18.2 Å². The average Bonchev–Trinajstić information content (AvgIpc) is 2.77. The van der Waals surface area contributed by atoms with Gasteiger partial charge in [0.15, 0.2) is 0 Å². The van der Waals surface area contributed by atoms with Crippen LogP contribution < -0.4 is 10.0 Å². The van der Waals surface area contributed by atoms with Crippen molar-refractivity contribution in [3.63, 3.8) is 0 Å². The molecule has 0 amide bonds. The summed E-state index contributed by atoms with van der Waals surface area (Å²) in [6, 6.07) is 7.90.